The maximum Gasteiger partial charge on any atom is 0.237 e. The highest BCUT2D eigenvalue weighted by molar-refractivity contribution is 8.00. The fourth-order valence-electron chi connectivity index (χ4n) is 3.09. The van der Waals surface area contributed by atoms with Crippen LogP contribution in [0.15, 0.2) is 59.8 Å². The summed E-state index contributed by atoms with van der Waals surface area (Å²) in [7, 11) is 0. The van der Waals surface area contributed by atoms with Crippen LogP contribution < -0.4 is 5.32 Å². The lowest BCUT2D eigenvalue weighted by Crippen LogP contribution is -2.23. The maximum atomic E-state index is 12.8. The lowest BCUT2D eigenvalue weighted by atomic mass is 10.0. The van der Waals surface area contributed by atoms with Gasteiger partial charge in [0.25, 0.3) is 0 Å². The van der Waals surface area contributed by atoms with E-state index in [1.54, 1.807) is 0 Å². The number of anilines is 1. The monoisotopic (exact) mass is 378 g/mol. The Labute approximate surface area is 163 Å². The molecule has 1 aliphatic carbocycles. The van der Waals surface area contributed by atoms with Crippen LogP contribution in [0.4, 0.5) is 5.69 Å². The molecule has 138 valence electrons. The highest BCUT2D eigenvalue weighted by Gasteiger charge is 2.30. The summed E-state index contributed by atoms with van der Waals surface area (Å²) in [5.41, 5.74) is 2.92. The van der Waals surface area contributed by atoms with Crippen molar-refractivity contribution in [3.63, 3.8) is 0 Å². The fraction of sp³-hybridized carbons (Fsp3) is 0.286. The summed E-state index contributed by atoms with van der Waals surface area (Å²) in [6.07, 6.45) is 2.33. The Morgan fingerprint density at radius 2 is 1.81 bits per heavy atom. The predicted molar refractivity (Wildman–Crippen MR) is 109 cm³/mol. The zero-order valence-corrected chi connectivity index (χ0v) is 16.2. The van der Waals surface area contributed by atoms with E-state index in [2.05, 4.69) is 20.1 Å². The Hall–Kier alpha value is -2.60. The first-order chi connectivity index (χ1) is 13.1. The molecule has 1 aliphatic rings. The van der Waals surface area contributed by atoms with Crippen LogP contribution >= 0.6 is 11.8 Å². The van der Waals surface area contributed by atoms with Crippen molar-refractivity contribution in [1.82, 2.24) is 14.8 Å². The molecule has 0 radical (unpaired) electrons. The van der Waals surface area contributed by atoms with Crippen molar-refractivity contribution in [2.75, 3.05) is 5.32 Å². The van der Waals surface area contributed by atoms with Gasteiger partial charge in [0.1, 0.15) is 5.82 Å². The number of hydrogen-bond donors (Lipinski definition) is 1. The summed E-state index contributed by atoms with van der Waals surface area (Å²) in [4.78, 5) is 12.8. The summed E-state index contributed by atoms with van der Waals surface area (Å²) in [6, 6.07) is 18.5. The van der Waals surface area contributed by atoms with Crippen LogP contribution in [-0.4, -0.2) is 25.9 Å². The standard InChI is InChI=1S/C21H22N4OS/c1-14(27-21-24-23-15(2)25(21)17-12-13-17)20(26)22-19-11-7-6-10-18(19)16-8-4-3-5-9-16/h3-11,14,17H,12-13H2,1-2H3,(H,22,26)/t14-/m1/s1. The van der Waals surface area contributed by atoms with Gasteiger partial charge in [-0.15, -0.1) is 10.2 Å². The Bertz CT molecular complexity index is 950. The topological polar surface area (TPSA) is 59.8 Å². The summed E-state index contributed by atoms with van der Waals surface area (Å²) >= 11 is 1.47. The van der Waals surface area contributed by atoms with Gasteiger partial charge in [0.05, 0.1) is 5.25 Å². The number of benzene rings is 2. The molecule has 1 fully saturated rings. The molecule has 3 aromatic rings. The largest absolute Gasteiger partial charge is 0.325 e. The van der Waals surface area contributed by atoms with Crippen molar-refractivity contribution in [2.45, 2.75) is 43.1 Å². The number of carbonyl (C=O) groups excluding carboxylic acids is 1. The normalized spacial score (nSPS) is 14.7. The molecule has 27 heavy (non-hydrogen) atoms. The Balaban J connectivity index is 1.50. The molecule has 1 aromatic heterocycles. The van der Waals surface area contributed by atoms with Crippen LogP contribution in [-0.2, 0) is 4.79 Å². The lowest BCUT2D eigenvalue weighted by molar-refractivity contribution is -0.115. The zero-order valence-electron chi connectivity index (χ0n) is 15.4. The van der Waals surface area contributed by atoms with E-state index in [9.17, 15) is 4.79 Å². The van der Waals surface area contributed by atoms with Crippen LogP contribution in [0.3, 0.4) is 0 Å². The number of carbonyl (C=O) groups is 1. The quantitative estimate of drug-likeness (QED) is 0.631. The van der Waals surface area contributed by atoms with Gasteiger partial charge in [0.2, 0.25) is 5.91 Å². The molecule has 0 bridgehead atoms. The minimum atomic E-state index is -0.269. The zero-order chi connectivity index (χ0) is 18.8. The van der Waals surface area contributed by atoms with Gasteiger partial charge in [-0.25, -0.2) is 0 Å². The molecular weight excluding hydrogens is 356 g/mol. The number of aryl methyl sites for hydroxylation is 1. The molecule has 5 nitrogen and oxygen atoms in total. The Kier molecular flexibility index (Phi) is 4.99. The molecule has 0 saturated heterocycles. The van der Waals surface area contributed by atoms with Crippen molar-refractivity contribution in [1.29, 1.82) is 0 Å². The molecule has 1 saturated carbocycles. The van der Waals surface area contributed by atoms with Gasteiger partial charge in [-0.3, -0.25) is 4.79 Å². The third-order valence-corrected chi connectivity index (χ3v) is 5.72. The molecule has 1 N–H and O–H groups in total. The number of para-hydroxylation sites is 1. The average Bonchev–Trinajstić information content (AvgIpc) is 3.46. The molecule has 0 aliphatic heterocycles. The Morgan fingerprint density at radius 3 is 2.56 bits per heavy atom. The van der Waals surface area contributed by atoms with Crippen LogP contribution in [0.1, 0.15) is 31.6 Å². The second-order valence-corrected chi connectivity index (χ2v) is 8.10. The minimum absolute atomic E-state index is 0.0358. The van der Waals surface area contributed by atoms with E-state index in [4.69, 9.17) is 0 Å². The molecule has 6 heteroatoms. The van der Waals surface area contributed by atoms with Crippen LogP contribution in [0.5, 0.6) is 0 Å². The van der Waals surface area contributed by atoms with Crippen molar-refractivity contribution in [2.24, 2.45) is 0 Å². The van der Waals surface area contributed by atoms with Crippen LogP contribution in [0, 0.1) is 6.92 Å². The number of aromatic nitrogens is 3. The second-order valence-electron chi connectivity index (χ2n) is 6.79. The van der Waals surface area contributed by atoms with Gasteiger partial charge in [0, 0.05) is 17.3 Å². The van der Waals surface area contributed by atoms with Gasteiger partial charge in [-0.1, -0.05) is 60.3 Å². The fourth-order valence-corrected chi connectivity index (χ4v) is 4.06. The third-order valence-electron chi connectivity index (χ3n) is 4.67. The van der Waals surface area contributed by atoms with Crippen molar-refractivity contribution >= 4 is 23.4 Å². The number of rotatable bonds is 6. The van der Waals surface area contributed by atoms with Gasteiger partial charge >= 0.3 is 0 Å². The van der Waals surface area contributed by atoms with E-state index >= 15 is 0 Å². The highest BCUT2D eigenvalue weighted by Crippen LogP contribution is 2.39. The Morgan fingerprint density at radius 1 is 1.11 bits per heavy atom. The van der Waals surface area contributed by atoms with Gasteiger partial charge in [-0.2, -0.15) is 0 Å². The molecule has 1 heterocycles. The summed E-state index contributed by atoms with van der Waals surface area (Å²) in [6.45, 7) is 3.88. The number of nitrogens with zero attached hydrogens (tertiary/aromatic N) is 3. The highest BCUT2D eigenvalue weighted by atomic mass is 32.2. The van der Waals surface area contributed by atoms with E-state index in [1.807, 2.05) is 68.4 Å². The molecule has 1 amide bonds. The molecular formula is C21H22N4OS. The number of amides is 1. The first kappa shape index (κ1) is 17.8. The van der Waals surface area contributed by atoms with E-state index < -0.39 is 0 Å². The third kappa shape index (κ3) is 3.90. The first-order valence-corrected chi connectivity index (χ1v) is 10.0. The molecule has 2 aromatic carbocycles. The number of nitrogens with one attached hydrogen (secondary N) is 1. The van der Waals surface area contributed by atoms with E-state index in [-0.39, 0.29) is 11.2 Å². The molecule has 1 atom stereocenters. The van der Waals surface area contributed by atoms with Crippen LogP contribution in [0.2, 0.25) is 0 Å². The van der Waals surface area contributed by atoms with Crippen molar-refractivity contribution < 1.29 is 4.79 Å². The molecule has 0 unspecified atom stereocenters. The second kappa shape index (κ2) is 7.56. The summed E-state index contributed by atoms with van der Waals surface area (Å²) in [5.74, 6) is 0.883. The number of hydrogen-bond acceptors (Lipinski definition) is 4. The summed E-state index contributed by atoms with van der Waals surface area (Å²) in [5, 5.41) is 12.1. The van der Waals surface area contributed by atoms with Crippen LogP contribution in [0.25, 0.3) is 11.1 Å². The van der Waals surface area contributed by atoms with E-state index in [0.29, 0.717) is 6.04 Å². The number of thioether (sulfide) groups is 1. The van der Waals surface area contributed by atoms with Gasteiger partial charge in [0.15, 0.2) is 5.16 Å². The predicted octanol–water partition coefficient (Wildman–Crippen LogP) is 4.71. The smallest absolute Gasteiger partial charge is 0.237 e. The maximum absolute atomic E-state index is 12.8. The van der Waals surface area contributed by atoms with Crippen molar-refractivity contribution in [3.05, 3.63) is 60.4 Å². The SMILES string of the molecule is Cc1nnc(S[C@H](C)C(=O)Nc2ccccc2-c2ccccc2)n1C1CC1. The van der Waals surface area contributed by atoms with E-state index in [1.165, 1.54) is 11.8 Å². The van der Waals surface area contributed by atoms with Gasteiger partial charge < -0.3 is 9.88 Å². The first-order valence-electron chi connectivity index (χ1n) is 9.17. The minimum Gasteiger partial charge on any atom is -0.325 e. The molecule has 4 rings (SSSR count). The summed E-state index contributed by atoms with van der Waals surface area (Å²) < 4.78 is 2.16. The van der Waals surface area contributed by atoms with Gasteiger partial charge in [-0.05, 0) is 38.3 Å². The van der Waals surface area contributed by atoms with E-state index in [0.717, 1.165) is 40.6 Å². The average molecular weight is 379 g/mol. The van der Waals surface area contributed by atoms with Crippen molar-refractivity contribution in [3.8, 4) is 11.1 Å². The molecule has 0 spiro atoms. The lowest BCUT2D eigenvalue weighted by Gasteiger charge is -2.15.